The molecular weight excluding hydrogens is 304 g/mol. The number of aromatic nitrogens is 2. The summed E-state index contributed by atoms with van der Waals surface area (Å²) in [4.78, 5) is 0. The summed E-state index contributed by atoms with van der Waals surface area (Å²) in [5, 5.41) is 0. The average Bonchev–Trinajstić information content (AvgIpc) is 2.86. The third kappa shape index (κ3) is 2.13. The van der Waals surface area contributed by atoms with Gasteiger partial charge in [0.15, 0.2) is 11.0 Å². The summed E-state index contributed by atoms with van der Waals surface area (Å²) in [6, 6.07) is 13.6. The largest absolute Gasteiger partial charge is 0.267 e. The van der Waals surface area contributed by atoms with Crippen LogP contribution < -0.4 is 4.57 Å². The Morgan fingerprint density at radius 1 is 1.00 bits per heavy atom. The molecule has 2 aromatic carbocycles. The molecule has 1 unspecified atom stereocenters. The van der Waals surface area contributed by atoms with Gasteiger partial charge in [0.2, 0.25) is 0 Å². The maximum Gasteiger partial charge on any atom is 0.267 e. The van der Waals surface area contributed by atoms with Crippen molar-refractivity contribution in [1.29, 1.82) is 0 Å². The molecule has 0 saturated heterocycles. The molecule has 2 nitrogen and oxygen atoms in total. The topological polar surface area (TPSA) is 8.81 Å². The van der Waals surface area contributed by atoms with Gasteiger partial charge in [-0.3, -0.25) is 0 Å². The van der Waals surface area contributed by atoms with Crippen molar-refractivity contribution in [2.45, 2.75) is 58.8 Å². The van der Waals surface area contributed by atoms with Crippen molar-refractivity contribution in [3.05, 3.63) is 58.9 Å². The van der Waals surface area contributed by atoms with Gasteiger partial charge in [-0.25, -0.2) is 4.57 Å². The molecule has 0 radical (unpaired) electrons. The van der Waals surface area contributed by atoms with Crippen LogP contribution in [0.15, 0.2) is 36.4 Å². The van der Waals surface area contributed by atoms with E-state index in [9.17, 15) is 0 Å². The molecule has 0 bridgehead atoms. The highest BCUT2D eigenvalue weighted by molar-refractivity contribution is 5.80. The van der Waals surface area contributed by atoms with Gasteiger partial charge in [0.1, 0.15) is 5.69 Å². The van der Waals surface area contributed by atoms with Crippen LogP contribution in [0.1, 0.15) is 75.9 Å². The Hall–Kier alpha value is -2.09. The van der Waals surface area contributed by atoms with Crippen LogP contribution >= 0.6 is 0 Å². The van der Waals surface area contributed by atoms with Crippen LogP contribution in [0.4, 0.5) is 0 Å². The molecule has 0 saturated carbocycles. The number of nitrogens with zero attached hydrogens (tertiary/aromatic N) is 2. The molecule has 1 atom stereocenters. The average molecular weight is 333 g/mol. The molecule has 1 aliphatic rings. The summed E-state index contributed by atoms with van der Waals surface area (Å²) in [6.07, 6.45) is 0. The molecule has 0 N–H and O–H groups in total. The van der Waals surface area contributed by atoms with Crippen molar-refractivity contribution in [1.82, 2.24) is 4.57 Å². The monoisotopic (exact) mass is 333 g/mol. The Morgan fingerprint density at radius 2 is 1.64 bits per heavy atom. The van der Waals surface area contributed by atoms with Crippen LogP contribution in [0.25, 0.3) is 16.7 Å². The van der Waals surface area contributed by atoms with Crippen molar-refractivity contribution in [3.63, 3.8) is 0 Å². The molecule has 2 heterocycles. The molecule has 2 heteroatoms. The van der Waals surface area contributed by atoms with E-state index in [4.69, 9.17) is 0 Å². The van der Waals surface area contributed by atoms with E-state index in [1.165, 1.54) is 39.2 Å². The normalized spacial score (nSPS) is 16.6. The summed E-state index contributed by atoms with van der Waals surface area (Å²) in [5.74, 6) is 2.30. The minimum absolute atomic E-state index is 0.0625. The molecule has 25 heavy (non-hydrogen) atoms. The van der Waals surface area contributed by atoms with Gasteiger partial charge in [0.05, 0.1) is 12.5 Å². The molecular formula is C23H29N2+. The second-order valence-corrected chi connectivity index (χ2v) is 8.84. The van der Waals surface area contributed by atoms with Gasteiger partial charge < -0.3 is 0 Å². The summed E-state index contributed by atoms with van der Waals surface area (Å²) < 4.78 is 4.97. The molecule has 0 aliphatic carbocycles. The Morgan fingerprint density at radius 3 is 2.28 bits per heavy atom. The van der Waals surface area contributed by atoms with Crippen molar-refractivity contribution < 1.29 is 4.57 Å². The van der Waals surface area contributed by atoms with E-state index in [-0.39, 0.29) is 5.41 Å². The fourth-order valence-electron chi connectivity index (χ4n) is 4.66. The number of imidazole rings is 1. The van der Waals surface area contributed by atoms with Gasteiger partial charge in [-0.05, 0) is 32.8 Å². The molecule has 3 aromatic rings. The van der Waals surface area contributed by atoms with E-state index in [2.05, 4.69) is 94.1 Å². The molecule has 4 rings (SSSR count). The number of para-hydroxylation sites is 2. The Kier molecular flexibility index (Phi) is 3.41. The van der Waals surface area contributed by atoms with E-state index in [1.54, 1.807) is 0 Å². The number of aryl methyl sites for hydroxylation is 1. The van der Waals surface area contributed by atoms with E-state index in [0.29, 0.717) is 11.8 Å². The summed E-state index contributed by atoms with van der Waals surface area (Å²) >= 11 is 0. The van der Waals surface area contributed by atoms with Crippen LogP contribution in [0.2, 0.25) is 0 Å². The SMILES string of the molecule is CC(C)c1cccc2c1-[n+]1c(C(C)(C)C)n(C)c3cccc(c31)C2C. The molecule has 130 valence electrons. The second-order valence-electron chi connectivity index (χ2n) is 8.84. The quantitative estimate of drug-likeness (QED) is 0.531. The molecule has 1 aromatic heterocycles. The lowest BCUT2D eigenvalue weighted by Gasteiger charge is -2.26. The first-order valence-corrected chi connectivity index (χ1v) is 9.40. The predicted octanol–water partition coefficient (Wildman–Crippen LogP) is 5.34. The summed E-state index contributed by atoms with van der Waals surface area (Å²) in [6.45, 7) is 13.9. The van der Waals surface area contributed by atoms with Gasteiger partial charge in [-0.1, -0.05) is 51.1 Å². The predicted molar refractivity (Wildman–Crippen MR) is 105 cm³/mol. The van der Waals surface area contributed by atoms with Gasteiger partial charge in [0.25, 0.3) is 5.82 Å². The highest BCUT2D eigenvalue weighted by Crippen LogP contribution is 2.40. The smallest absolute Gasteiger partial charge is 0.229 e. The number of fused-ring (bicyclic) bond motifs is 2. The van der Waals surface area contributed by atoms with E-state index < -0.39 is 0 Å². The van der Waals surface area contributed by atoms with E-state index in [0.717, 1.165) is 0 Å². The Balaban J connectivity index is 2.27. The second kappa shape index (κ2) is 5.20. The van der Waals surface area contributed by atoms with Crippen molar-refractivity contribution in [2.24, 2.45) is 7.05 Å². The van der Waals surface area contributed by atoms with Crippen molar-refractivity contribution in [2.75, 3.05) is 0 Å². The fraction of sp³-hybridized carbons (Fsp3) is 0.435. The Labute approximate surface area is 151 Å². The van der Waals surface area contributed by atoms with Crippen molar-refractivity contribution >= 4 is 11.0 Å². The third-order valence-electron chi connectivity index (χ3n) is 5.71. The first-order chi connectivity index (χ1) is 11.7. The Bertz CT molecular complexity index is 983. The first-order valence-electron chi connectivity index (χ1n) is 9.40. The lowest BCUT2D eigenvalue weighted by molar-refractivity contribution is -0.584. The van der Waals surface area contributed by atoms with Gasteiger partial charge in [-0.15, -0.1) is 0 Å². The third-order valence-corrected chi connectivity index (χ3v) is 5.71. The van der Waals surface area contributed by atoms with Crippen LogP contribution in [0.3, 0.4) is 0 Å². The van der Waals surface area contributed by atoms with Crippen LogP contribution in [-0.4, -0.2) is 4.57 Å². The standard InChI is InChI=1S/C23H29N2/c1-14(2)16-10-8-11-17-15(3)18-12-9-13-19-21(18)25(20(16)17)22(24(19)7)23(4,5)6/h8-15H,1-7H3/q+1. The maximum atomic E-state index is 2.56. The number of rotatable bonds is 1. The first kappa shape index (κ1) is 16.4. The number of hydrogen-bond acceptors (Lipinski definition) is 0. The molecule has 0 amide bonds. The number of benzene rings is 2. The van der Waals surface area contributed by atoms with Gasteiger partial charge in [0, 0.05) is 22.6 Å². The highest BCUT2D eigenvalue weighted by atomic mass is 15.2. The minimum atomic E-state index is 0.0625. The lowest BCUT2D eigenvalue weighted by Crippen LogP contribution is -2.45. The zero-order chi connectivity index (χ0) is 18.1. The fourth-order valence-corrected chi connectivity index (χ4v) is 4.66. The minimum Gasteiger partial charge on any atom is -0.229 e. The molecule has 0 spiro atoms. The zero-order valence-electron chi connectivity index (χ0n) is 16.5. The van der Waals surface area contributed by atoms with E-state index in [1.807, 2.05) is 0 Å². The van der Waals surface area contributed by atoms with Gasteiger partial charge >= 0.3 is 0 Å². The van der Waals surface area contributed by atoms with Crippen LogP contribution in [0, 0.1) is 0 Å². The van der Waals surface area contributed by atoms with Gasteiger partial charge in [-0.2, -0.15) is 4.57 Å². The van der Waals surface area contributed by atoms with Crippen molar-refractivity contribution in [3.8, 4) is 5.69 Å². The van der Waals surface area contributed by atoms with E-state index >= 15 is 0 Å². The number of hydrogen-bond donors (Lipinski definition) is 0. The summed E-state index contributed by atoms with van der Waals surface area (Å²) in [7, 11) is 2.22. The molecule has 0 fully saturated rings. The molecule has 1 aliphatic heterocycles. The maximum absolute atomic E-state index is 2.56. The van der Waals surface area contributed by atoms with Crippen LogP contribution in [-0.2, 0) is 12.5 Å². The summed E-state index contributed by atoms with van der Waals surface area (Å²) in [5.41, 5.74) is 8.54. The zero-order valence-corrected chi connectivity index (χ0v) is 16.5. The highest BCUT2D eigenvalue weighted by Gasteiger charge is 2.40. The lowest BCUT2D eigenvalue weighted by atomic mass is 9.84. The van der Waals surface area contributed by atoms with Crippen LogP contribution in [0.5, 0.6) is 0 Å².